The average Bonchev–Trinajstić information content (AvgIpc) is 2.46. The van der Waals surface area contributed by atoms with Gasteiger partial charge in [-0.1, -0.05) is 6.07 Å². The monoisotopic (exact) mass is 327 g/mol. The van der Waals surface area contributed by atoms with Crippen molar-refractivity contribution >= 4 is 15.9 Å². The maximum Gasteiger partial charge on any atom is 0.133 e. The first-order valence-corrected chi connectivity index (χ1v) is 7.69. The third-order valence-electron chi connectivity index (χ3n) is 3.92. The van der Waals surface area contributed by atoms with Gasteiger partial charge in [0.05, 0.1) is 11.6 Å². The second-order valence-electron chi connectivity index (χ2n) is 5.25. The van der Waals surface area contributed by atoms with Crippen LogP contribution in [0.15, 0.2) is 22.7 Å². The molecular weight excluding hydrogens is 306 g/mol. The van der Waals surface area contributed by atoms with Gasteiger partial charge in [-0.3, -0.25) is 0 Å². The molecule has 0 spiro atoms. The standard InChI is InChI=1S/C15H22BrNO2/c1-19-15-7-4-12(8-14(15)16)9-17-13-5-2-11(10-18)3-6-13/h4,7-8,11,13,17-18H,2-3,5-6,9-10H2,1H3. The van der Waals surface area contributed by atoms with E-state index in [9.17, 15) is 0 Å². The third-order valence-corrected chi connectivity index (χ3v) is 4.54. The average molecular weight is 328 g/mol. The number of hydrogen-bond donors (Lipinski definition) is 2. The van der Waals surface area contributed by atoms with Crippen LogP contribution < -0.4 is 10.1 Å². The topological polar surface area (TPSA) is 41.5 Å². The van der Waals surface area contributed by atoms with E-state index in [1.807, 2.05) is 6.07 Å². The van der Waals surface area contributed by atoms with Gasteiger partial charge in [0.2, 0.25) is 0 Å². The molecular formula is C15H22BrNO2. The van der Waals surface area contributed by atoms with Crippen LogP contribution in [-0.4, -0.2) is 24.9 Å². The first kappa shape index (κ1) is 14.8. The number of halogens is 1. The van der Waals surface area contributed by atoms with Crippen molar-refractivity contribution in [3.05, 3.63) is 28.2 Å². The van der Waals surface area contributed by atoms with Gasteiger partial charge in [0.25, 0.3) is 0 Å². The first-order valence-electron chi connectivity index (χ1n) is 6.89. The number of nitrogens with one attached hydrogen (secondary N) is 1. The fourth-order valence-electron chi connectivity index (χ4n) is 2.63. The minimum atomic E-state index is 0.345. The van der Waals surface area contributed by atoms with Crippen LogP contribution in [-0.2, 0) is 6.54 Å². The van der Waals surface area contributed by atoms with Gasteiger partial charge in [-0.25, -0.2) is 0 Å². The molecule has 1 aliphatic rings. The van der Waals surface area contributed by atoms with Crippen molar-refractivity contribution in [2.75, 3.05) is 13.7 Å². The van der Waals surface area contributed by atoms with E-state index in [0.29, 0.717) is 18.6 Å². The van der Waals surface area contributed by atoms with E-state index >= 15 is 0 Å². The molecule has 1 saturated carbocycles. The molecule has 1 aromatic rings. The van der Waals surface area contributed by atoms with Gasteiger partial charge in [-0.15, -0.1) is 0 Å². The molecule has 106 valence electrons. The molecule has 0 unspecified atom stereocenters. The second-order valence-corrected chi connectivity index (χ2v) is 6.10. The van der Waals surface area contributed by atoms with Crippen molar-refractivity contribution in [1.82, 2.24) is 5.32 Å². The van der Waals surface area contributed by atoms with Crippen molar-refractivity contribution in [2.24, 2.45) is 5.92 Å². The van der Waals surface area contributed by atoms with E-state index in [0.717, 1.165) is 29.6 Å². The minimum Gasteiger partial charge on any atom is -0.496 e. The van der Waals surface area contributed by atoms with E-state index in [4.69, 9.17) is 9.84 Å². The van der Waals surface area contributed by atoms with Crippen LogP contribution >= 0.6 is 15.9 Å². The zero-order chi connectivity index (χ0) is 13.7. The number of benzene rings is 1. The Kier molecular flexibility index (Phi) is 5.67. The molecule has 1 fully saturated rings. The third kappa shape index (κ3) is 4.20. The lowest BCUT2D eigenvalue weighted by Crippen LogP contribution is -2.33. The number of ether oxygens (including phenoxy) is 1. The molecule has 0 saturated heterocycles. The number of hydrogen-bond acceptors (Lipinski definition) is 3. The molecule has 1 aromatic carbocycles. The highest BCUT2D eigenvalue weighted by atomic mass is 79.9. The van der Waals surface area contributed by atoms with Gasteiger partial charge in [0.15, 0.2) is 0 Å². The predicted octanol–water partition coefficient (Wildman–Crippen LogP) is 3.10. The van der Waals surface area contributed by atoms with Crippen LogP contribution in [0.4, 0.5) is 0 Å². The molecule has 0 bridgehead atoms. The molecule has 0 amide bonds. The Balaban J connectivity index is 1.81. The van der Waals surface area contributed by atoms with Crippen LogP contribution in [0.1, 0.15) is 31.2 Å². The molecule has 19 heavy (non-hydrogen) atoms. The molecule has 3 nitrogen and oxygen atoms in total. The second kappa shape index (κ2) is 7.27. The van der Waals surface area contributed by atoms with Crippen molar-refractivity contribution in [1.29, 1.82) is 0 Å². The van der Waals surface area contributed by atoms with Crippen LogP contribution in [0, 0.1) is 5.92 Å². The van der Waals surface area contributed by atoms with Gasteiger partial charge in [0.1, 0.15) is 5.75 Å². The summed E-state index contributed by atoms with van der Waals surface area (Å²) in [5.74, 6) is 1.39. The minimum absolute atomic E-state index is 0.345. The fraction of sp³-hybridized carbons (Fsp3) is 0.600. The Morgan fingerprint density at radius 1 is 1.32 bits per heavy atom. The van der Waals surface area contributed by atoms with E-state index in [1.54, 1.807) is 7.11 Å². The Bertz CT molecular complexity index is 403. The molecule has 2 rings (SSSR count). The summed E-state index contributed by atoms with van der Waals surface area (Å²) in [6.07, 6.45) is 4.62. The molecule has 0 atom stereocenters. The fourth-order valence-corrected chi connectivity index (χ4v) is 3.22. The maximum absolute atomic E-state index is 9.13. The van der Waals surface area contributed by atoms with E-state index in [2.05, 4.69) is 33.4 Å². The van der Waals surface area contributed by atoms with Crippen LogP contribution in [0.2, 0.25) is 0 Å². The summed E-state index contributed by atoms with van der Waals surface area (Å²) >= 11 is 3.51. The largest absolute Gasteiger partial charge is 0.496 e. The van der Waals surface area contributed by atoms with Gasteiger partial charge in [-0.05, 0) is 65.2 Å². The van der Waals surface area contributed by atoms with Gasteiger partial charge in [0, 0.05) is 19.2 Å². The molecule has 4 heteroatoms. The molecule has 0 aromatic heterocycles. The summed E-state index contributed by atoms with van der Waals surface area (Å²) in [4.78, 5) is 0. The summed E-state index contributed by atoms with van der Waals surface area (Å²) in [7, 11) is 1.68. The van der Waals surface area contributed by atoms with Gasteiger partial charge < -0.3 is 15.2 Å². The quantitative estimate of drug-likeness (QED) is 0.873. The number of methoxy groups -OCH3 is 1. The number of aliphatic hydroxyl groups is 1. The van der Waals surface area contributed by atoms with Crippen LogP contribution in [0.25, 0.3) is 0 Å². The van der Waals surface area contributed by atoms with Crippen molar-refractivity contribution in [3.63, 3.8) is 0 Å². The summed E-state index contributed by atoms with van der Waals surface area (Å²) in [5, 5.41) is 12.7. The van der Waals surface area contributed by atoms with Gasteiger partial charge >= 0.3 is 0 Å². The lowest BCUT2D eigenvalue weighted by atomic mass is 9.86. The van der Waals surface area contributed by atoms with Crippen LogP contribution in [0.5, 0.6) is 5.75 Å². The maximum atomic E-state index is 9.13. The highest BCUT2D eigenvalue weighted by Crippen LogP contribution is 2.26. The molecule has 0 radical (unpaired) electrons. The summed E-state index contributed by atoms with van der Waals surface area (Å²) in [6.45, 7) is 1.23. The van der Waals surface area contributed by atoms with Crippen molar-refractivity contribution in [3.8, 4) is 5.75 Å². The Labute approximate surface area is 123 Å². The molecule has 0 heterocycles. The highest BCUT2D eigenvalue weighted by Gasteiger charge is 2.19. The highest BCUT2D eigenvalue weighted by molar-refractivity contribution is 9.10. The van der Waals surface area contributed by atoms with Crippen molar-refractivity contribution in [2.45, 2.75) is 38.3 Å². The molecule has 0 aliphatic heterocycles. The van der Waals surface area contributed by atoms with Crippen LogP contribution in [0.3, 0.4) is 0 Å². The predicted molar refractivity (Wildman–Crippen MR) is 80.4 cm³/mol. The normalized spacial score (nSPS) is 23.3. The number of aliphatic hydroxyl groups excluding tert-OH is 1. The zero-order valence-electron chi connectivity index (χ0n) is 11.4. The SMILES string of the molecule is COc1ccc(CNC2CCC(CO)CC2)cc1Br. The summed E-state index contributed by atoms with van der Waals surface area (Å²) < 4.78 is 6.23. The van der Waals surface area contributed by atoms with E-state index < -0.39 is 0 Å². The van der Waals surface area contributed by atoms with Crippen molar-refractivity contribution < 1.29 is 9.84 Å². The summed E-state index contributed by atoms with van der Waals surface area (Å²) in [6, 6.07) is 6.77. The smallest absolute Gasteiger partial charge is 0.133 e. The Morgan fingerprint density at radius 3 is 2.63 bits per heavy atom. The Hall–Kier alpha value is -0.580. The van der Waals surface area contributed by atoms with E-state index in [-0.39, 0.29) is 0 Å². The van der Waals surface area contributed by atoms with E-state index in [1.165, 1.54) is 18.4 Å². The molecule has 1 aliphatic carbocycles. The zero-order valence-corrected chi connectivity index (χ0v) is 12.9. The van der Waals surface area contributed by atoms with Gasteiger partial charge in [-0.2, -0.15) is 0 Å². The Morgan fingerprint density at radius 2 is 2.05 bits per heavy atom. The lowest BCUT2D eigenvalue weighted by Gasteiger charge is -2.28. The summed E-state index contributed by atoms with van der Waals surface area (Å²) in [5.41, 5.74) is 1.26. The first-order chi connectivity index (χ1) is 9.22. The lowest BCUT2D eigenvalue weighted by molar-refractivity contribution is 0.175. The molecule has 2 N–H and O–H groups in total. The number of rotatable bonds is 5.